The van der Waals surface area contributed by atoms with E-state index in [-0.39, 0.29) is 10.6 Å². The van der Waals surface area contributed by atoms with Gasteiger partial charge in [0.25, 0.3) is 5.56 Å². The molecular formula is C17H11ClF2N2OS. The molecule has 3 rings (SSSR count). The van der Waals surface area contributed by atoms with Gasteiger partial charge in [-0.25, -0.2) is 13.8 Å². The van der Waals surface area contributed by atoms with Crippen LogP contribution in [0.5, 0.6) is 0 Å². The molecular weight excluding hydrogens is 354 g/mol. The molecule has 24 heavy (non-hydrogen) atoms. The smallest absolute Gasteiger partial charge is 0.280 e. The summed E-state index contributed by atoms with van der Waals surface area (Å²) in [7, 11) is 0. The molecule has 0 amide bonds. The van der Waals surface area contributed by atoms with Crippen LogP contribution in [-0.4, -0.2) is 9.55 Å². The lowest BCUT2D eigenvalue weighted by Crippen LogP contribution is -2.20. The highest BCUT2D eigenvalue weighted by Crippen LogP contribution is 2.24. The van der Waals surface area contributed by atoms with Crippen molar-refractivity contribution in [2.45, 2.75) is 10.8 Å². The van der Waals surface area contributed by atoms with Crippen LogP contribution in [0, 0.1) is 11.6 Å². The quantitative estimate of drug-likeness (QED) is 0.641. The maximum absolute atomic E-state index is 13.4. The molecule has 1 heterocycles. The number of aromatic nitrogens is 2. The third-order valence-electron chi connectivity index (χ3n) is 3.28. The zero-order chi connectivity index (χ0) is 17.1. The number of thioether (sulfide) groups is 1. The normalized spacial score (nSPS) is 10.8. The number of rotatable bonds is 4. The lowest BCUT2D eigenvalue weighted by Gasteiger charge is -2.08. The minimum atomic E-state index is -0.427. The van der Waals surface area contributed by atoms with Crippen molar-refractivity contribution in [1.82, 2.24) is 9.55 Å². The van der Waals surface area contributed by atoms with Crippen molar-refractivity contribution in [2.75, 3.05) is 0 Å². The van der Waals surface area contributed by atoms with E-state index >= 15 is 0 Å². The van der Waals surface area contributed by atoms with Gasteiger partial charge >= 0.3 is 0 Å². The highest BCUT2D eigenvalue weighted by atomic mass is 35.5. The van der Waals surface area contributed by atoms with E-state index in [9.17, 15) is 13.6 Å². The van der Waals surface area contributed by atoms with E-state index in [0.29, 0.717) is 22.0 Å². The lowest BCUT2D eigenvalue weighted by atomic mass is 10.2. The van der Waals surface area contributed by atoms with Crippen LogP contribution in [0.4, 0.5) is 8.78 Å². The molecule has 0 spiro atoms. The molecule has 0 aliphatic rings. The van der Waals surface area contributed by atoms with E-state index in [0.717, 1.165) is 0 Å². The molecule has 0 saturated carbocycles. The molecule has 122 valence electrons. The second-order valence-corrected chi connectivity index (χ2v) is 6.28. The summed E-state index contributed by atoms with van der Waals surface area (Å²) in [6.07, 6.45) is 2.95. The summed E-state index contributed by atoms with van der Waals surface area (Å²) in [6.45, 7) is 0. The second kappa shape index (κ2) is 7.15. The molecule has 0 fully saturated rings. The van der Waals surface area contributed by atoms with Crippen LogP contribution in [0.2, 0.25) is 5.02 Å². The van der Waals surface area contributed by atoms with Crippen LogP contribution in [-0.2, 0) is 5.75 Å². The predicted octanol–water partition coefficient (Wildman–Crippen LogP) is 4.46. The fourth-order valence-electron chi connectivity index (χ4n) is 2.11. The van der Waals surface area contributed by atoms with Gasteiger partial charge in [0.1, 0.15) is 11.6 Å². The van der Waals surface area contributed by atoms with E-state index in [1.807, 2.05) is 0 Å². The predicted molar refractivity (Wildman–Crippen MR) is 90.8 cm³/mol. The SMILES string of the molecule is O=c1c(SCc2ccc(F)cc2Cl)nccn1-c1cccc(F)c1. The number of halogens is 3. The minimum Gasteiger partial charge on any atom is -0.280 e. The van der Waals surface area contributed by atoms with Crippen LogP contribution < -0.4 is 5.56 Å². The average molecular weight is 365 g/mol. The van der Waals surface area contributed by atoms with Gasteiger partial charge in [0.05, 0.1) is 5.69 Å². The van der Waals surface area contributed by atoms with Crippen molar-refractivity contribution < 1.29 is 8.78 Å². The molecule has 0 aliphatic carbocycles. The van der Waals surface area contributed by atoms with E-state index in [1.165, 1.54) is 59.1 Å². The van der Waals surface area contributed by atoms with Gasteiger partial charge in [-0.2, -0.15) is 0 Å². The van der Waals surface area contributed by atoms with Gasteiger partial charge in [-0.05, 0) is 35.9 Å². The van der Waals surface area contributed by atoms with Crippen molar-refractivity contribution >= 4 is 23.4 Å². The average Bonchev–Trinajstić information content (AvgIpc) is 2.55. The molecule has 0 saturated heterocycles. The lowest BCUT2D eigenvalue weighted by molar-refractivity contribution is 0.626. The van der Waals surface area contributed by atoms with Crippen molar-refractivity contribution in [1.29, 1.82) is 0 Å². The Hall–Kier alpha value is -2.18. The first kappa shape index (κ1) is 16.7. The van der Waals surface area contributed by atoms with E-state index in [2.05, 4.69) is 4.98 Å². The molecule has 0 unspecified atom stereocenters. The second-order valence-electron chi connectivity index (χ2n) is 4.91. The van der Waals surface area contributed by atoms with Gasteiger partial charge in [-0.15, -0.1) is 0 Å². The van der Waals surface area contributed by atoms with Crippen LogP contribution >= 0.6 is 23.4 Å². The molecule has 1 aromatic heterocycles. The first-order valence-corrected chi connectivity index (χ1v) is 8.31. The molecule has 7 heteroatoms. The first-order valence-electron chi connectivity index (χ1n) is 6.95. The first-order chi connectivity index (χ1) is 11.5. The monoisotopic (exact) mass is 364 g/mol. The van der Waals surface area contributed by atoms with Gasteiger partial charge in [0.2, 0.25) is 0 Å². The van der Waals surface area contributed by atoms with Gasteiger partial charge in [0, 0.05) is 23.2 Å². The summed E-state index contributed by atoms with van der Waals surface area (Å²) in [5.41, 5.74) is 0.765. The molecule has 0 radical (unpaired) electrons. The van der Waals surface area contributed by atoms with Crippen molar-refractivity contribution in [3.05, 3.63) is 87.4 Å². The Bertz CT molecular complexity index is 946. The van der Waals surface area contributed by atoms with Crippen LogP contribution in [0.25, 0.3) is 5.69 Å². The minimum absolute atomic E-state index is 0.252. The van der Waals surface area contributed by atoms with Gasteiger partial charge < -0.3 is 0 Å². The zero-order valence-corrected chi connectivity index (χ0v) is 13.8. The highest BCUT2D eigenvalue weighted by molar-refractivity contribution is 7.98. The number of nitrogens with zero attached hydrogens (tertiary/aromatic N) is 2. The Morgan fingerprint density at radius 3 is 2.67 bits per heavy atom. The number of hydrogen-bond acceptors (Lipinski definition) is 3. The van der Waals surface area contributed by atoms with Crippen molar-refractivity contribution in [2.24, 2.45) is 0 Å². The number of benzene rings is 2. The Morgan fingerprint density at radius 1 is 1.12 bits per heavy atom. The van der Waals surface area contributed by atoms with Crippen molar-refractivity contribution in [3.8, 4) is 5.69 Å². The van der Waals surface area contributed by atoms with Crippen LogP contribution in [0.3, 0.4) is 0 Å². The fourth-order valence-corrected chi connectivity index (χ4v) is 3.32. The Morgan fingerprint density at radius 2 is 1.92 bits per heavy atom. The highest BCUT2D eigenvalue weighted by Gasteiger charge is 2.10. The summed E-state index contributed by atoms with van der Waals surface area (Å²) in [6, 6.07) is 9.85. The third kappa shape index (κ3) is 3.66. The van der Waals surface area contributed by atoms with E-state index < -0.39 is 11.6 Å². The molecule has 0 atom stereocenters. The largest absolute Gasteiger partial charge is 0.287 e. The standard InChI is InChI=1S/C17H11ClF2N2OS/c18-15-9-13(20)5-4-11(15)10-24-16-17(23)22(7-6-21-16)14-3-1-2-12(19)8-14/h1-9H,10H2. The number of hydrogen-bond donors (Lipinski definition) is 0. The Labute approximate surface area is 145 Å². The van der Waals surface area contributed by atoms with E-state index in [1.54, 1.807) is 12.1 Å². The molecule has 0 N–H and O–H groups in total. The topological polar surface area (TPSA) is 34.9 Å². The summed E-state index contributed by atoms with van der Waals surface area (Å²) in [5, 5.41) is 0.547. The Balaban J connectivity index is 1.87. The van der Waals surface area contributed by atoms with Gasteiger partial charge in [0.15, 0.2) is 5.03 Å². The third-order valence-corrected chi connectivity index (χ3v) is 4.64. The molecule has 2 aromatic carbocycles. The van der Waals surface area contributed by atoms with Gasteiger partial charge in [-0.3, -0.25) is 9.36 Å². The Kier molecular flexibility index (Phi) is 4.97. The summed E-state index contributed by atoms with van der Waals surface area (Å²) >= 11 is 7.17. The maximum atomic E-state index is 13.4. The van der Waals surface area contributed by atoms with Gasteiger partial charge in [-0.1, -0.05) is 35.5 Å². The van der Waals surface area contributed by atoms with Crippen LogP contribution in [0.1, 0.15) is 5.56 Å². The van der Waals surface area contributed by atoms with Crippen molar-refractivity contribution in [3.63, 3.8) is 0 Å². The maximum Gasteiger partial charge on any atom is 0.287 e. The van der Waals surface area contributed by atoms with Crippen LogP contribution in [0.15, 0.2) is 64.7 Å². The zero-order valence-electron chi connectivity index (χ0n) is 12.2. The summed E-state index contributed by atoms with van der Waals surface area (Å²) in [4.78, 5) is 16.6. The summed E-state index contributed by atoms with van der Waals surface area (Å²) in [5.74, 6) is -0.474. The fraction of sp³-hybridized carbons (Fsp3) is 0.0588. The summed E-state index contributed by atoms with van der Waals surface area (Å²) < 4.78 is 27.7. The van der Waals surface area contributed by atoms with E-state index in [4.69, 9.17) is 11.6 Å². The molecule has 3 aromatic rings. The molecule has 3 nitrogen and oxygen atoms in total. The molecule has 0 bridgehead atoms. The molecule has 0 aliphatic heterocycles.